The lowest BCUT2D eigenvalue weighted by Gasteiger charge is -2.43. The van der Waals surface area contributed by atoms with Crippen molar-refractivity contribution in [3.8, 4) is 12.1 Å². The van der Waals surface area contributed by atoms with Gasteiger partial charge in [0.05, 0.1) is 0 Å². The van der Waals surface area contributed by atoms with Crippen molar-refractivity contribution >= 4 is 0 Å². The van der Waals surface area contributed by atoms with E-state index in [1.165, 1.54) is 49.9 Å². The Labute approximate surface area is 167 Å². The van der Waals surface area contributed by atoms with Crippen LogP contribution in [-0.4, -0.2) is 18.0 Å². The molecule has 0 aromatic rings. The first-order valence-electron chi connectivity index (χ1n) is 10.2. The maximum Gasteiger partial charge on any atom is 0.137 e. The molecule has 0 amide bonds. The smallest absolute Gasteiger partial charge is 0.137 e. The SMILES string of the molecule is CCC1=CC(=C(C#N)C#N)C=C(/C=C/C2=CC3=C4C(CCCN4CCC3)C2)O1. The van der Waals surface area contributed by atoms with Crippen molar-refractivity contribution in [1.82, 2.24) is 4.90 Å². The molecule has 4 aliphatic rings. The molecule has 1 unspecified atom stereocenters. The van der Waals surface area contributed by atoms with Crippen LogP contribution >= 0.6 is 0 Å². The van der Waals surface area contributed by atoms with Crippen LogP contribution in [0.15, 0.2) is 69.9 Å². The average Bonchev–Trinajstić information content (AvgIpc) is 2.73. The fraction of sp³-hybridized carbons (Fsp3) is 0.417. The van der Waals surface area contributed by atoms with E-state index >= 15 is 0 Å². The molecule has 4 rings (SSSR count). The molecule has 1 atom stereocenters. The van der Waals surface area contributed by atoms with Gasteiger partial charge in [-0.05, 0) is 61.5 Å². The highest BCUT2D eigenvalue weighted by Crippen LogP contribution is 2.42. The number of allylic oxidation sites excluding steroid dienone is 11. The van der Waals surface area contributed by atoms with Crippen LogP contribution in [0, 0.1) is 28.6 Å². The predicted molar refractivity (Wildman–Crippen MR) is 108 cm³/mol. The standard InChI is InChI=1S/C24H25N3O/c1-2-22-13-20(21(15-25)16-26)14-23(28-22)8-7-17-11-18-5-3-9-27-10-4-6-19(12-17)24(18)27/h7-8,11,13-14,19H,2-6,9-10,12H2,1H3/b8-7+. The Bertz CT molecular complexity index is 927. The van der Waals surface area contributed by atoms with Gasteiger partial charge in [0.15, 0.2) is 0 Å². The maximum atomic E-state index is 9.18. The number of nitrogens with zero attached hydrogens (tertiary/aromatic N) is 3. The van der Waals surface area contributed by atoms with Gasteiger partial charge in [-0.25, -0.2) is 0 Å². The van der Waals surface area contributed by atoms with Gasteiger partial charge in [0.2, 0.25) is 0 Å². The second kappa shape index (κ2) is 7.95. The Hall–Kier alpha value is -2.98. The quantitative estimate of drug-likeness (QED) is 0.641. The summed E-state index contributed by atoms with van der Waals surface area (Å²) in [5, 5.41) is 18.4. The van der Waals surface area contributed by atoms with Crippen LogP contribution in [0.5, 0.6) is 0 Å². The lowest BCUT2D eigenvalue weighted by Crippen LogP contribution is -2.38. The summed E-state index contributed by atoms with van der Waals surface area (Å²) >= 11 is 0. The summed E-state index contributed by atoms with van der Waals surface area (Å²) in [5.41, 5.74) is 5.22. The first-order valence-corrected chi connectivity index (χ1v) is 10.2. The molecule has 3 heterocycles. The van der Waals surface area contributed by atoms with Crippen molar-refractivity contribution in [2.24, 2.45) is 5.92 Å². The number of hydrogen-bond acceptors (Lipinski definition) is 4. The van der Waals surface area contributed by atoms with E-state index in [1.54, 1.807) is 17.8 Å². The Morgan fingerprint density at radius 3 is 2.79 bits per heavy atom. The molecule has 0 aromatic carbocycles. The van der Waals surface area contributed by atoms with Gasteiger partial charge in [-0.15, -0.1) is 0 Å². The summed E-state index contributed by atoms with van der Waals surface area (Å²) in [6.07, 6.45) is 16.9. The lowest BCUT2D eigenvalue weighted by atomic mass is 9.78. The third-order valence-electron chi connectivity index (χ3n) is 5.94. The summed E-state index contributed by atoms with van der Waals surface area (Å²) in [6, 6.07) is 3.95. The second-order valence-electron chi connectivity index (χ2n) is 7.76. The largest absolute Gasteiger partial charge is 0.462 e. The minimum atomic E-state index is 0.122. The van der Waals surface area contributed by atoms with E-state index in [0.29, 0.717) is 17.3 Å². The number of hydrogen-bond donors (Lipinski definition) is 0. The van der Waals surface area contributed by atoms with Crippen LogP contribution in [0.25, 0.3) is 0 Å². The molecule has 4 nitrogen and oxygen atoms in total. The van der Waals surface area contributed by atoms with Crippen LogP contribution in [0.2, 0.25) is 0 Å². The molecular formula is C24H25N3O. The van der Waals surface area contributed by atoms with E-state index in [-0.39, 0.29) is 5.57 Å². The minimum Gasteiger partial charge on any atom is -0.462 e. The zero-order chi connectivity index (χ0) is 19.5. The van der Waals surface area contributed by atoms with Gasteiger partial charge < -0.3 is 9.64 Å². The third kappa shape index (κ3) is 3.56. The Morgan fingerprint density at radius 2 is 2.00 bits per heavy atom. The molecular weight excluding hydrogens is 346 g/mol. The zero-order valence-corrected chi connectivity index (χ0v) is 16.4. The Kier molecular flexibility index (Phi) is 5.22. The van der Waals surface area contributed by atoms with Gasteiger partial charge in [-0.3, -0.25) is 0 Å². The van der Waals surface area contributed by atoms with Crippen molar-refractivity contribution in [2.75, 3.05) is 13.1 Å². The molecule has 1 fully saturated rings. The summed E-state index contributed by atoms with van der Waals surface area (Å²) in [7, 11) is 0. The zero-order valence-electron chi connectivity index (χ0n) is 16.4. The van der Waals surface area contributed by atoms with E-state index < -0.39 is 0 Å². The summed E-state index contributed by atoms with van der Waals surface area (Å²) in [6.45, 7) is 4.44. The van der Waals surface area contributed by atoms with E-state index in [4.69, 9.17) is 4.74 Å². The fourth-order valence-electron chi connectivity index (χ4n) is 4.68. The number of piperidine rings is 1. The monoisotopic (exact) mass is 371 g/mol. The molecule has 4 heteroatoms. The molecule has 0 bridgehead atoms. The second-order valence-corrected chi connectivity index (χ2v) is 7.76. The molecule has 0 N–H and O–H groups in total. The van der Waals surface area contributed by atoms with Gasteiger partial charge >= 0.3 is 0 Å². The Balaban J connectivity index is 1.60. The van der Waals surface area contributed by atoms with E-state index in [0.717, 1.165) is 18.6 Å². The van der Waals surface area contributed by atoms with Crippen molar-refractivity contribution in [2.45, 2.75) is 45.4 Å². The topological polar surface area (TPSA) is 60.0 Å². The fourth-order valence-corrected chi connectivity index (χ4v) is 4.68. The highest BCUT2D eigenvalue weighted by molar-refractivity contribution is 5.53. The highest BCUT2D eigenvalue weighted by atomic mass is 16.5. The van der Waals surface area contributed by atoms with Crippen LogP contribution in [0.1, 0.15) is 45.4 Å². The van der Waals surface area contributed by atoms with Gasteiger partial charge in [0.25, 0.3) is 0 Å². The van der Waals surface area contributed by atoms with Gasteiger partial charge in [0, 0.05) is 36.7 Å². The van der Waals surface area contributed by atoms with Crippen molar-refractivity contribution < 1.29 is 4.74 Å². The molecule has 28 heavy (non-hydrogen) atoms. The lowest BCUT2D eigenvalue weighted by molar-refractivity contribution is 0.219. The number of nitriles is 2. The molecule has 1 saturated heterocycles. The Morgan fingerprint density at radius 1 is 1.18 bits per heavy atom. The molecule has 0 saturated carbocycles. The molecule has 142 valence electrons. The van der Waals surface area contributed by atoms with Crippen LogP contribution in [0.3, 0.4) is 0 Å². The van der Waals surface area contributed by atoms with Crippen molar-refractivity contribution in [3.63, 3.8) is 0 Å². The number of ether oxygens (including phenoxy) is 1. The normalized spacial score (nSPS) is 23.8. The molecule has 0 spiro atoms. The van der Waals surface area contributed by atoms with Crippen molar-refractivity contribution in [3.05, 3.63) is 69.9 Å². The third-order valence-corrected chi connectivity index (χ3v) is 5.94. The number of rotatable bonds is 3. The highest BCUT2D eigenvalue weighted by Gasteiger charge is 2.32. The molecule has 0 radical (unpaired) electrons. The van der Waals surface area contributed by atoms with E-state index in [2.05, 4.69) is 17.1 Å². The summed E-state index contributed by atoms with van der Waals surface area (Å²) < 4.78 is 5.92. The van der Waals surface area contributed by atoms with E-state index in [1.807, 2.05) is 25.1 Å². The van der Waals surface area contributed by atoms with Crippen LogP contribution in [0.4, 0.5) is 0 Å². The van der Waals surface area contributed by atoms with Gasteiger partial charge in [-0.2, -0.15) is 10.5 Å². The first-order chi connectivity index (χ1) is 13.7. The molecule has 3 aliphatic heterocycles. The molecule has 1 aliphatic carbocycles. The first kappa shape index (κ1) is 18.4. The van der Waals surface area contributed by atoms with Crippen LogP contribution < -0.4 is 0 Å². The summed E-state index contributed by atoms with van der Waals surface area (Å²) in [4.78, 5) is 2.61. The van der Waals surface area contributed by atoms with Crippen LogP contribution in [-0.2, 0) is 4.74 Å². The maximum absolute atomic E-state index is 9.18. The van der Waals surface area contributed by atoms with Crippen molar-refractivity contribution in [1.29, 1.82) is 10.5 Å². The van der Waals surface area contributed by atoms with Gasteiger partial charge in [-0.1, -0.05) is 19.1 Å². The predicted octanol–water partition coefficient (Wildman–Crippen LogP) is 5.18. The van der Waals surface area contributed by atoms with Gasteiger partial charge in [0.1, 0.15) is 29.2 Å². The minimum absolute atomic E-state index is 0.122. The summed E-state index contributed by atoms with van der Waals surface area (Å²) in [5.74, 6) is 2.12. The van der Waals surface area contributed by atoms with E-state index in [9.17, 15) is 10.5 Å². The molecule has 0 aromatic heterocycles. The average molecular weight is 371 g/mol.